The summed E-state index contributed by atoms with van der Waals surface area (Å²) in [6, 6.07) is 0. The van der Waals surface area contributed by atoms with E-state index >= 15 is 0 Å². The monoisotopic (exact) mass is 141 g/mol. The molecule has 0 N–H and O–H groups in total. The fourth-order valence-electron chi connectivity index (χ4n) is 1.20. The molecule has 0 fully saturated rings. The molecule has 10 heavy (non-hydrogen) atoms. The average Bonchev–Trinajstić information content (AvgIpc) is 1.94. The molecule has 1 aliphatic rings. The van der Waals surface area contributed by atoms with Gasteiger partial charge in [0.2, 0.25) is 0 Å². The Balaban J connectivity index is 2.62. The van der Waals surface area contributed by atoms with Crippen molar-refractivity contribution in [1.82, 2.24) is 4.90 Å². The van der Waals surface area contributed by atoms with Crippen LogP contribution in [0.15, 0.2) is 11.3 Å². The number of hydrogen-bond acceptors (Lipinski definition) is 2. The van der Waals surface area contributed by atoms with Gasteiger partial charge in [-0.1, -0.05) is 0 Å². The summed E-state index contributed by atoms with van der Waals surface area (Å²) < 4.78 is 5.21. The highest BCUT2D eigenvalue weighted by Gasteiger charge is 2.12. The molecule has 1 rings (SSSR count). The van der Waals surface area contributed by atoms with E-state index in [9.17, 15) is 0 Å². The first kappa shape index (κ1) is 7.61. The third-order valence-corrected chi connectivity index (χ3v) is 2.00. The van der Waals surface area contributed by atoms with E-state index in [-0.39, 0.29) is 0 Å². The van der Waals surface area contributed by atoms with Crippen molar-refractivity contribution in [3.8, 4) is 0 Å². The fourth-order valence-corrected chi connectivity index (χ4v) is 1.20. The summed E-state index contributed by atoms with van der Waals surface area (Å²) in [5.41, 5.74) is 1.40. The summed E-state index contributed by atoms with van der Waals surface area (Å²) in [5, 5.41) is 0. The minimum atomic E-state index is 0.975. The molecule has 0 aromatic heterocycles. The minimum Gasteiger partial charge on any atom is -0.500 e. The minimum absolute atomic E-state index is 0.975. The van der Waals surface area contributed by atoms with Gasteiger partial charge in [0, 0.05) is 6.54 Å². The van der Waals surface area contributed by atoms with Gasteiger partial charge in [-0.2, -0.15) is 0 Å². The van der Waals surface area contributed by atoms with E-state index in [0.717, 1.165) is 18.7 Å². The largest absolute Gasteiger partial charge is 0.500 e. The first-order valence-electron chi connectivity index (χ1n) is 3.65. The van der Waals surface area contributed by atoms with Crippen LogP contribution in [0.3, 0.4) is 0 Å². The Hall–Kier alpha value is -0.500. The van der Waals surface area contributed by atoms with Crippen molar-refractivity contribution in [2.45, 2.75) is 13.3 Å². The molecular weight excluding hydrogens is 126 g/mol. The van der Waals surface area contributed by atoms with Crippen molar-refractivity contribution in [3.05, 3.63) is 11.3 Å². The summed E-state index contributed by atoms with van der Waals surface area (Å²) in [6.45, 7) is 4.28. The Bertz CT molecular complexity index is 151. The van der Waals surface area contributed by atoms with Crippen molar-refractivity contribution in [1.29, 1.82) is 0 Å². The van der Waals surface area contributed by atoms with Crippen molar-refractivity contribution in [2.24, 2.45) is 0 Å². The third-order valence-electron chi connectivity index (χ3n) is 2.00. The van der Waals surface area contributed by atoms with Gasteiger partial charge < -0.3 is 4.74 Å². The maximum atomic E-state index is 5.21. The van der Waals surface area contributed by atoms with E-state index in [2.05, 4.69) is 18.9 Å². The number of hydrogen-bond donors (Lipinski definition) is 0. The summed E-state index contributed by atoms with van der Waals surface area (Å²) in [6.07, 6.45) is 1.15. The van der Waals surface area contributed by atoms with E-state index in [0.29, 0.717) is 0 Å². The predicted molar refractivity (Wildman–Crippen MR) is 41.8 cm³/mol. The summed E-state index contributed by atoms with van der Waals surface area (Å²) in [7, 11) is 3.86. The Kier molecular flexibility index (Phi) is 2.33. The number of likely N-dealkylation sites (N-methyl/N-ethyl adjacent to an activating group) is 1. The van der Waals surface area contributed by atoms with Gasteiger partial charge in [0.25, 0.3) is 0 Å². The van der Waals surface area contributed by atoms with Gasteiger partial charge in [-0.3, -0.25) is 4.90 Å². The van der Waals surface area contributed by atoms with E-state index in [4.69, 9.17) is 4.74 Å². The number of ether oxygens (including phenoxy) is 1. The fraction of sp³-hybridized carbons (Fsp3) is 0.750. The molecule has 0 aromatic carbocycles. The molecular formula is C8H15NO. The van der Waals surface area contributed by atoms with E-state index in [1.165, 1.54) is 12.1 Å². The lowest BCUT2D eigenvalue weighted by molar-refractivity contribution is 0.213. The summed E-state index contributed by atoms with van der Waals surface area (Å²) >= 11 is 0. The lowest BCUT2D eigenvalue weighted by Gasteiger charge is -2.24. The molecule has 0 spiro atoms. The van der Waals surface area contributed by atoms with Crippen molar-refractivity contribution < 1.29 is 4.74 Å². The highest BCUT2D eigenvalue weighted by atomic mass is 16.5. The SMILES string of the molecule is COC1=C(C)CCN(C)C1. The lowest BCUT2D eigenvalue weighted by atomic mass is 10.1. The smallest absolute Gasteiger partial charge is 0.108 e. The summed E-state index contributed by atoms with van der Waals surface area (Å²) in [5.74, 6) is 1.15. The lowest BCUT2D eigenvalue weighted by Crippen LogP contribution is -2.27. The van der Waals surface area contributed by atoms with Crippen LogP contribution in [0, 0.1) is 0 Å². The quantitative estimate of drug-likeness (QED) is 0.545. The second kappa shape index (κ2) is 3.06. The third kappa shape index (κ3) is 1.51. The number of nitrogens with zero attached hydrogens (tertiary/aromatic N) is 1. The molecule has 0 aromatic rings. The number of methoxy groups -OCH3 is 1. The van der Waals surface area contributed by atoms with Crippen molar-refractivity contribution in [2.75, 3.05) is 27.2 Å². The van der Waals surface area contributed by atoms with Crippen LogP contribution < -0.4 is 0 Å². The van der Waals surface area contributed by atoms with Crippen LogP contribution in [0.25, 0.3) is 0 Å². The zero-order valence-corrected chi connectivity index (χ0v) is 6.98. The van der Waals surface area contributed by atoms with E-state index < -0.39 is 0 Å². The van der Waals surface area contributed by atoms with Crippen LogP contribution in [0.1, 0.15) is 13.3 Å². The topological polar surface area (TPSA) is 12.5 Å². The Labute approximate surface area is 62.5 Å². The normalized spacial score (nSPS) is 21.5. The van der Waals surface area contributed by atoms with Crippen LogP contribution in [0.5, 0.6) is 0 Å². The van der Waals surface area contributed by atoms with Crippen LogP contribution in [0.2, 0.25) is 0 Å². The van der Waals surface area contributed by atoms with Gasteiger partial charge in [0.15, 0.2) is 0 Å². The Morgan fingerprint density at radius 1 is 1.50 bits per heavy atom. The molecule has 0 saturated heterocycles. The molecule has 0 unspecified atom stereocenters. The van der Waals surface area contributed by atoms with Crippen molar-refractivity contribution >= 4 is 0 Å². The van der Waals surface area contributed by atoms with Crippen LogP contribution in [-0.4, -0.2) is 32.1 Å². The van der Waals surface area contributed by atoms with Gasteiger partial charge in [0.1, 0.15) is 5.76 Å². The van der Waals surface area contributed by atoms with Crippen LogP contribution in [0.4, 0.5) is 0 Å². The highest BCUT2D eigenvalue weighted by molar-refractivity contribution is 5.10. The van der Waals surface area contributed by atoms with Gasteiger partial charge >= 0.3 is 0 Å². The maximum Gasteiger partial charge on any atom is 0.108 e. The second-order valence-corrected chi connectivity index (χ2v) is 2.90. The zero-order chi connectivity index (χ0) is 7.56. The highest BCUT2D eigenvalue weighted by Crippen LogP contribution is 2.15. The van der Waals surface area contributed by atoms with E-state index in [1.807, 2.05) is 0 Å². The first-order chi connectivity index (χ1) is 4.74. The van der Waals surface area contributed by atoms with Gasteiger partial charge in [0.05, 0.1) is 13.7 Å². The standard InChI is InChI=1S/C8H15NO/c1-7-4-5-9(2)6-8(7)10-3/h4-6H2,1-3H3. The molecule has 58 valence electrons. The summed E-state index contributed by atoms with van der Waals surface area (Å²) in [4.78, 5) is 2.27. The van der Waals surface area contributed by atoms with Crippen LogP contribution in [-0.2, 0) is 4.74 Å². The molecule has 0 atom stereocenters. The molecule has 1 heterocycles. The molecule has 0 amide bonds. The van der Waals surface area contributed by atoms with Crippen molar-refractivity contribution in [3.63, 3.8) is 0 Å². The molecule has 0 saturated carbocycles. The average molecular weight is 141 g/mol. The van der Waals surface area contributed by atoms with Gasteiger partial charge in [-0.05, 0) is 26.0 Å². The molecule has 0 bridgehead atoms. The Morgan fingerprint density at radius 2 is 2.20 bits per heavy atom. The molecule has 0 radical (unpaired) electrons. The molecule has 2 heteroatoms. The van der Waals surface area contributed by atoms with Gasteiger partial charge in [-0.15, -0.1) is 0 Å². The Morgan fingerprint density at radius 3 is 2.70 bits per heavy atom. The van der Waals surface area contributed by atoms with Gasteiger partial charge in [-0.25, -0.2) is 0 Å². The first-order valence-corrected chi connectivity index (χ1v) is 3.65. The maximum absolute atomic E-state index is 5.21. The van der Waals surface area contributed by atoms with Crippen LogP contribution >= 0.6 is 0 Å². The molecule has 0 aliphatic carbocycles. The predicted octanol–water partition coefficient (Wildman–Crippen LogP) is 1.24. The van der Waals surface area contributed by atoms with E-state index in [1.54, 1.807) is 7.11 Å². The second-order valence-electron chi connectivity index (χ2n) is 2.90. The zero-order valence-electron chi connectivity index (χ0n) is 6.98. The molecule has 1 aliphatic heterocycles. The number of rotatable bonds is 1. The molecule has 2 nitrogen and oxygen atoms in total.